The highest BCUT2D eigenvalue weighted by Crippen LogP contribution is 2.09. The Morgan fingerprint density at radius 2 is 2.16 bits per heavy atom. The number of ether oxygens (including phenoxy) is 1. The number of hydrogen-bond acceptors (Lipinski definition) is 6. The van der Waals surface area contributed by atoms with Crippen LogP contribution in [0.4, 0.5) is 0 Å². The lowest BCUT2D eigenvalue weighted by molar-refractivity contribution is -0.147. The van der Waals surface area contributed by atoms with Gasteiger partial charge in [-0.1, -0.05) is 0 Å². The van der Waals surface area contributed by atoms with E-state index in [1.54, 1.807) is 6.92 Å². The van der Waals surface area contributed by atoms with Gasteiger partial charge in [0.05, 0.1) is 6.42 Å². The van der Waals surface area contributed by atoms with Crippen molar-refractivity contribution in [3.05, 3.63) is 11.8 Å². The molecule has 0 aliphatic rings. The van der Waals surface area contributed by atoms with E-state index in [-0.39, 0.29) is 5.88 Å². The average Bonchev–Trinajstić information content (AvgIpc) is 2.71. The number of carbonyl (C=O) groups excluding carboxylic acids is 1. The molecule has 0 saturated carbocycles. The number of aromatic nitrogens is 1. The maximum absolute atomic E-state index is 11.4. The number of nitrogens with zero attached hydrogens (tertiary/aromatic N) is 1. The molecule has 1 rings (SSSR count). The van der Waals surface area contributed by atoms with Gasteiger partial charge in [-0.25, -0.2) is 4.79 Å². The summed E-state index contributed by atoms with van der Waals surface area (Å²) in [4.78, 5) is 32.5. The van der Waals surface area contributed by atoms with Crippen LogP contribution in [0.5, 0.6) is 5.88 Å². The highest BCUT2D eigenvalue weighted by atomic mass is 16.5. The predicted octanol–water partition coefficient (Wildman–Crippen LogP) is -0.594. The van der Waals surface area contributed by atoms with Crippen molar-refractivity contribution < 1.29 is 33.9 Å². The summed E-state index contributed by atoms with van der Waals surface area (Å²) < 4.78 is 9.61. The van der Waals surface area contributed by atoms with Gasteiger partial charge in [-0.3, -0.25) is 9.59 Å². The number of aryl methyl sites for hydroxylation is 1. The highest BCUT2D eigenvalue weighted by molar-refractivity contribution is 5.87. The number of hydrogen-bond donors (Lipinski definition) is 3. The summed E-state index contributed by atoms with van der Waals surface area (Å²) in [6.07, 6.45) is -0.718. The Bertz CT molecular complexity index is 482. The van der Waals surface area contributed by atoms with Gasteiger partial charge >= 0.3 is 11.9 Å². The number of nitrogens with one attached hydrogen (secondary N) is 1. The lowest BCUT2D eigenvalue weighted by Crippen LogP contribution is -2.44. The first-order valence-corrected chi connectivity index (χ1v) is 5.18. The molecule has 0 aliphatic carbocycles. The molecule has 1 aromatic rings. The zero-order valence-electron chi connectivity index (χ0n) is 9.95. The maximum atomic E-state index is 11.4. The first-order chi connectivity index (χ1) is 8.88. The van der Waals surface area contributed by atoms with E-state index in [1.807, 2.05) is 5.32 Å². The molecule has 1 heterocycles. The molecule has 1 aromatic heterocycles. The van der Waals surface area contributed by atoms with Crippen LogP contribution in [0, 0.1) is 6.92 Å². The van der Waals surface area contributed by atoms with Crippen molar-refractivity contribution in [1.82, 2.24) is 10.5 Å². The van der Waals surface area contributed by atoms with Crippen molar-refractivity contribution >= 4 is 17.8 Å². The summed E-state index contributed by atoms with van der Waals surface area (Å²) in [5.41, 5.74) is 0. The Labute approximate surface area is 107 Å². The maximum Gasteiger partial charge on any atom is 0.326 e. The van der Waals surface area contributed by atoms with Crippen LogP contribution in [0.1, 0.15) is 12.2 Å². The van der Waals surface area contributed by atoms with Crippen LogP contribution in [-0.2, 0) is 14.4 Å². The first kappa shape index (κ1) is 14.5. The van der Waals surface area contributed by atoms with Crippen molar-refractivity contribution in [2.45, 2.75) is 19.4 Å². The molecule has 0 aliphatic heterocycles. The number of aliphatic carboxylic acids is 2. The number of amides is 1. The quantitative estimate of drug-likeness (QED) is 0.598. The molecule has 1 amide bonds. The van der Waals surface area contributed by atoms with Crippen molar-refractivity contribution in [1.29, 1.82) is 0 Å². The molecule has 104 valence electrons. The van der Waals surface area contributed by atoms with Crippen LogP contribution in [0.15, 0.2) is 10.6 Å². The second-order valence-electron chi connectivity index (χ2n) is 3.62. The molecule has 0 saturated heterocycles. The van der Waals surface area contributed by atoms with Gasteiger partial charge in [-0.05, 0) is 12.1 Å². The van der Waals surface area contributed by atoms with Gasteiger partial charge in [0, 0.05) is 6.07 Å². The van der Waals surface area contributed by atoms with Crippen molar-refractivity contribution in [2.24, 2.45) is 0 Å². The smallest absolute Gasteiger partial charge is 0.326 e. The van der Waals surface area contributed by atoms with E-state index < -0.39 is 36.9 Å². The van der Waals surface area contributed by atoms with Gasteiger partial charge in [-0.2, -0.15) is 0 Å². The van der Waals surface area contributed by atoms with E-state index >= 15 is 0 Å². The molecule has 0 bridgehead atoms. The van der Waals surface area contributed by atoms with Gasteiger partial charge in [0.15, 0.2) is 6.61 Å². The van der Waals surface area contributed by atoms with E-state index in [0.717, 1.165) is 0 Å². The molecule has 0 spiro atoms. The van der Waals surface area contributed by atoms with Crippen LogP contribution in [0.25, 0.3) is 0 Å². The second kappa shape index (κ2) is 6.38. The zero-order valence-corrected chi connectivity index (χ0v) is 9.95. The Hall–Kier alpha value is -2.58. The van der Waals surface area contributed by atoms with Gasteiger partial charge in [0.2, 0.25) is 0 Å². The van der Waals surface area contributed by atoms with Crippen LogP contribution >= 0.6 is 0 Å². The summed E-state index contributed by atoms with van der Waals surface area (Å²) in [6.45, 7) is 1.14. The fourth-order valence-electron chi connectivity index (χ4n) is 1.16. The molecular formula is C10H12N2O7. The van der Waals surface area contributed by atoms with Crippen LogP contribution in [0.2, 0.25) is 0 Å². The summed E-state index contributed by atoms with van der Waals surface area (Å²) >= 11 is 0. The zero-order chi connectivity index (χ0) is 14.4. The summed E-state index contributed by atoms with van der Waals surface area (Å²) in [5, 5.41) is 22.7. The molecule has 0 radical (unpaired) electrons. The Balaban J connectivity index is 2.44. The van der Waals surface area contributed by atoms with Crippen molar-refractivity contribution in [3.63, 3.8) is 0 Å². The third kappa shape index (κ3) is 5.06. The molecule has 0 aromatic carbocycles. The fraction of sp³-hybridized carbons (Fsp3) is 0.400. The predicted molar refractivity (Wildman–Crippen MR) is 58.6 cm³/mol. The molecule has 9 nitrogen and oxygen atoms in total. The lowest BCUT2D eigenvalue weighted by Gasteiger charge is -2.11. The normalized spacial score (nSPS) is 11.6. The minimum absolute atomic E-state index is 0.0813. The minimum atomic E-state index is -1.51. The van der Waals surface area contributed by atoms with Gasteiger partial charge in [-0.15, -0.1) is 0 Å². The molecule has 0 unspecified atom stereocenters. The third-order valence-corrected chi connectivity index (χ3v) is 1.97. The minimum Gasteiger partial charge on any atom is -0.481 e. The Kier molecular flexibility index (Phi) is 4.86. The van der Waals surface area contributed by atoms with Gasteiger partial charge in [0.1, 0.15) is 11.8 Å². The van der Waals surface area contributed by atoms with Crippen LogP contribution < -0.4 is 10.1 Å². The van der Waals surface area contributed by atoms with Crippen molar-refractivity contribution in [2.75, 3.05) is 6.61 Å². The van der Waals surface area contributed by atoms with E-state index in [4.69, 9.17) is 19.5 Å². The number of carboxylic acid groups (broad SMARTS) is 2. The van der Waals surface area contributed by atoms with Crippen LogP contribution in [0.3, 0.4) is 0 Å². The standard InChI is InChI=1S/C10H12N2O7/c1-5-2-8(12-19-5)18-4-7(13)11-6(10(16)17)3-9(14)15/h2,6H,3-4H2,1H3,(H,11,13)(H,14,15)(H,16,17)/t6-/m1/s1. The summed E-state index contributed by atoms with van der Waals surface area (Å²) in [7, 11) is 0. The molecule has 19 heavy (non-hydrogen) atoms. The largest absolute Gasteiger partial charge is 0.481 e. The van der Waals surface area contributed by atoms with Gasteiger partial charge in [0.25, 0.3) is 11.8 Å². The molecule has 3 N–H and O–H groups in total. The van der Waals surface area contributed by atoms with Crippen molar-refractivity contribution in [3.8, 4) is 5.88 Å². The number of carbonyl (C=O) groups is 3. The molecule has 0 fully saturated rings. The van der Waals surface area contributed by atoms with E-state index in [2.05, 4.69) is 5.16 Å². The van der Waals surface area contributed by atoms with E-state index in [1.165, 1.54) is 6.07 Å². The molecular weight excluding hydrogens is 260 g/mol. The monoisotopic (exact) mass is 272 g/mol. The lowest BCUT2D eigenvalue weighted by atomic mass is 10.2. The van der Waals surface area contributed by atoms with Gasteiger partial charge < -0.3 is 24.8 Å². The first-order valence-electron chi connectivity index (χ1n) is 5.18. The number of carboxylic acids is 2. The molecule has 9 heteroatoms. The fourth-order valence-corrected chi connectivity index (χ4v) is 1.16. The van der Waals surface area contributed by atoms with E-state index in [9.17, 15) is 14.4 Å². The summed E-state index contributed by atoms with van der Waals surface area (Å²) in [5.74, 6) is -2.97. The second-order valence-corrected chi connectivity index (χ2v) is 3.62. The summed E-state index contributed by atoms with van der Waals surface area (Å²) in [6, 6.07) is -0.0632. The topological polar surface area (TPSA) is 139 Å². The molecule has 1 atom stereocenters. The highest BCUT2D eigenvalue weighted by Gasteiger charge is 2.23. The Morgan fingerprint density at radius 1 is 1.47 bits per heavy atom. The van der Waals surface area contributed by atoms with E-state index in [0.29, 0.717) is 5.76 Å². The van der Waals surface area contributed by atoms with Crippen LogP contribution in [-0.4, -0.2) is 45.9 Å². The third-order valence-electron chi connectivity index (χ3n) is 1.97. The Morgan fingerprint density at radius 3 is 2.63 bits per heavy atom. The number of rotatable bonds is 7. The SMILES string of the molecule is Cc1cc(OCC(=O)N[C@H](CC(=O)O)C(=O)O)no1. The average molecular weight is 272 g/mol.